The molecule has 1 amide bonds. The van der Waals surface area contributed by atoms with Crippen molar-refractivity contribution in [3.8, 4) is 0 Å². The van der Waals surface area contributed by atoms with Crippen molar-refractivity contribution < 1.29 is 23.8 Å². The fourth-order valence-corrected chi connectivity index (χ4v) is 2.90. The van der Waals surface area contributed by atoms with Crippen molar-refractivity contribution in [1.82, 2.24) is 0 Å². The minimum Gasteiger partial charge on any atom is -0.442 e. The summed E-state index contributed by atoms with van der Waals surface area (Å²) in [6.07, 6.45) is -2.97. The van der Waals surface area contributed by atoms with Gasteiger partial charge in [0.05, 0.1) is 5.02 Å². The molecule has 23 heavy (non-hydrogen) atoms. The van der Waals surface area contributed by atoms with Crippen LogP contribution in [-0.4, -0.2) is 24.0 Å². The van der Waals surface area contributed by atoms with Gasteiger partial charge in [-0.3, -0.25) is 0 Å². The van der Waals surface area contributed by atoms with Gasteiger partial charge in [-0.1, -0.05) is 11.6 Å². The SMILES string of the molecule is CC(C)(C)OC(=O)OC1c2cc(Cl)c(Br)cc2CC1OC(N)=O. The zero-order chi connectivity index (χ0) is 17.4. The molecule has 2 atom stereocenters. The van der Waals surface area contributed by atoms with Gasteiger partial charge in [0.15, 0.2) is 6.10 Å². The topological polar surface area (TPSA) is 87.8 Å². The molecule has 0 heterocycles. The van der Waals surface area contributed by atoms with Crippen molar-refractivity contribution in [2.24, 2.45) is 5.73 Å². The number of nitrogens with two attached hydrogens (primary N) is 1. The molecule has 126 valence electrons. The van der Waals surface area contributed by atoms with Gasteiger partial charge in [-0.25, -0.2) is 9.59 Å². The van der Waals surface area contributed by atoms with Gasteiger partial charge < -0.3 is 19.9 Å². The van der Waals surface area contributed by atoms with E-state index in [9.17, 15) is 9.59 Å². The number of rotatable bonds is 2. The van der Waals surface area contributed by atoms with E-state index >= 15 is 0 Å². The van der Waals surface area contributed by atoms with Crippen molar-refractivity contribution in [3.05, 3.63) is 32.8 Å². The molecule has 0 radical (unpaired) electrons. The van der Waals surface area contributed by atoms with Crippen LogP contribution in [0, 0.1) is 0 Å². The van der Waals surface area contributed by atoms with E-state index in [1.54, 1.807) is 32.9 Å². The third-order valence-corrected chi connectivity index (χ3v) is 4.32. The number of amides is 1. The van der Waals surface area contributed by atoms with Crippen LogP contribution in [0.2, 0.25) is 5.02 Å². The van der Waals surface area contributed by atoms with Crippen molar-refractivity contribution in [2.75, 3.05) is 0 Å². The molecule has 2 N–H and O–H groups in total. The average Bonchev–Trinajstić information content (AvgIpc) is 2.65. The summed E-state index contributed by atoms with van der Waals surface area (Å²) in [6, 6.07) is 3.47. The molecule has 2 rings (SSSR count). The highest BCUT2D eigenvalue weighted by Gasteiger charge is 2.39. The van der Waals surface area contributed by atoms with E-state index < -0.39 is 30.1 Å². The normalized spacial score (nSPS) is 19.9. The summed E-state index contributed by atoms with van der Waals surface area (Å²) >= 11 is 9.44. The molecule has 0 saturated heterocycles. The van der Waals surface area contributed by atoms with Crippen molar-refractivity contribution in [2.45, 2.75) is 45.0 Å². The highest BCUT2D eigenvalue weighted by molar-refractivity contribution is 9.10. The van der Waals surface area contributed by atoms with Gasteiger partial charge in [-0.15, -0.1) is 0 Å². The lowest BCUT2D eigenvalue weighted by molar-refractivity contribution is -0.0571. The molecule has 1 aliphatic carbocycles. The monoisotopic (exact) mass is 405 g/mol. The first-order valence-electron chi connectivity index (χ1n) is 6.90. The summed E-state index contributed by atoms with van der Waals surface area (Å²) in [5.41, 5.74) is 5.91. The van der Waals surface area contributed by atoms with Gasteiger partial charge in [0.2, 0.25) is 0 Å². The quantitative estimate of drug-likeness (QED) is 0.747. The molecule has 8 heteroatoms. The lowest BCUT2D eigenvalue weighted by atomic mass is 10.1. The van der Waals surface area contributed by atoms with E-state index in [1.807, 2.05) is 0 Å². The fourth-order valence-electron chi connectivity index (χ4n) is 2.34. The highest BCUT2D eigenvalue weighted by Crippen LogP contribution is 2.40. The van der Waals surface area contributed by atoms with Crippen LogP contribution in [-0.2, 0) is 20.6 Å². The van der Waals surface area contributed by atoms with Crippen LogP contribution in [0.3, 0.4) is 0 Å². The van der Waals surface area contributed by atoms with Gasteiger partial charge in [0.1, 0.15) is 11.7 Å². The Kier molecular flexibility index (Phi) is 5.10. The smallest absolute Gasteiger partial charge is 0.442 e. The predicted molar refractivity (Wildman–Crippen MR) is 87.4 cm³/mol. The largest absolute Gasteiger partial charge is 0.509 e. The molecule has 0 bridgehead atoms. The summed E-state index contributed by atoms with van der Waals surface area (Å²) in [5.74, 6) is 0. The molecule has 1 aromatic rings. The van der Waals surface area contributed by atoms with E-state index in [0.717, 1.165) is 5.56 Å². The average molecular weight is 407 g/mol. The number of carbonyl (C=O) groups excluding carboxylic acids is 2. The number of carbonyl (C=O) groups is 2. The minimum absolute atomic E-state index is 0.363. The van der Waals surface area contributed by atoms with Crippen LogP contribution in [0.5, 0.6) is 0 Å². The summed E-state index contributed by atoms with van der Waals surface area (Å²) in [7, 11) is 0. The first-order chi connectivity index (χ1) is 10.6. The van der Waals surface area contributed by atoms with E-state index in [1.165, 1.54) is 0 Å². The zero-order valence-electron chi connectivity index (χ0n) is 12.9. The number of ether oxygens (including phenoxy) is 3. The minimum atomic E-state index is -0.939. The lowest BCUT2D eigenvalue weighted by Crippen LogP contribution is -2.31. The van der Waals surface area contributed by atoms with Gasteiger partial charge in [0, 0.05) is 16.5 Å². The number of benzene rings is 1. The van der Waals surface area contributed by atoms with Crippen LogP contribution >= 0.6 is 27.5 Å². The Bertz CT molecular complexity index is 643. The molecular weight excluding hydrogens is 390 g/mol. The molecule has 0 aliphatic heterocycles. The second kappa shape index (κ2) is 6.57. The fraction of sp³-hybridized carbons (Fsp3) is 0.467. The molecule has 0 saturated carbocycles. The molecule has 1 aliphatic rings. The maximum Gasteiger partial charge on any atom is 0.509 e. The molecule has 0 aromatic heterocycles. The Morgan fingerprint density at radius 1 is 1.30 bits per heavy atom. The highest BCUT2D eigenvalue weighted by atomic mass is 79.9. The molecule has 0 fully saturated rings. The van der Waals surface area contributed by atoms with Crippen molar-refractivity contribution in [1.29, 1.82) is 0 Å². The second-order valence-corrected chi connectivity index (χ2v) is 7.41. The number of hydrogen-bond donors (Lipinski definition) is 1. The zero-order valence-corrected chi connectivity index (χ0v) is 15.2. The summed E-state index contributed by atoms with van der Waals surface area (Å²) in [4.78, 5) is 23.0. The van der Waals surface area contributed by atoms with Gasteiger partial charge >= 0.3 is 12.2 Å². The van der Waals surface area contributed by atoms with E-state index in [4.69, 9.17) is 31.5 Å². The molecule has 6 nitrogen and oxygen atoms in total. The van der Waals surface area contributed by atoms with Crippen molar-refractivity contribution in [3.63, 3.8) is 0 Å². The van der Waals surface area contributed by atoms with Gasteiger partial charge in [-0.2, -0.15) is 0 Å². The van der Waals surface area contributed by atoms with Gasteiger partial charge in [-0.05, 0) is 54.4 Å². The number of fused-ring (bicyclic) bond motifs is 1. The number of halogens is 2. The molecule has 2 unspecified atom stereocenters. The third kappa shape index (κ3) is 4.51. The molecule has 0 spiro atoms. The van der Waals surface area contributed by atoms with Crippen LogP contribution in [0.25, 0.3) is 0 Å². The van der Waals surface area contributed by atoms with Gasteiger partial charge in [0.25, 0.3) is 0 Å². The molecule has 1 aromatic carbocycles. The number of hydrogen-bond acceptors (Lipinski definition) is 5. The maximum absolute atomic E-state index is 11.9. The first-order valence-corrected chi connectivity index (χ1v) is 8.07. The Morgan fingerprint density at radius 2 is 1.96 bits per heavy atom. The Labute approximate surface area is 147 Å². The predicted octanol–water partition coefficient (Wildman–Crippen LogP) is 4.12. The Morgan fingerprint density at radius 3 is 2.52 bits per heavy atom. The summed E-state index contributed by atoms with van der Waals surface area (Å²) < 4.78 is 16.3. The van der Waals surface area contributed by atoms with Crippen LogP contribution < -0.4 is 5.73 Å². The Hall–Kier alpha value is -1.47. The second-order valence-electron chi connectivity index (χ2n) is 6.15. The van der Waals surface area contributed by atoms with E-state index in [2.05, 4.69) is 15.9 Å². The standard InChI is InChI=1S/C15H17BrClNO5/c1-15(2,3)23-14(20)22-12-8-6-10(17)9(16)4-7(8)5-11(12)21-13(18)19/h4,6,11-12H,5H2,1-3H3,(H2,18,19). The summed E-state index contributed by atoms with van der Waals surface area (Å²) in [5, 5.41) is 0.460. The Balaban J connectivity index is 2.27. The van der Waals surface area contributed by atoms with Crippen LogP contribution in [0.15, 0.2) is 16.6 Å². The number of primary amides is 1. The van der Waals surface area contributed by atoms with Crippen LogP contribution in [0.4, 0.5) is 9.59 Å². The van der Waals surface area contributed by atoms with E-state index in [0.29, 0.717) is 21.5 Å². The van der Waals surface area contributed by atoms with Crippen molar-refractivity contribution >= 4 is 39.8 Å². The summed E-state index contributed by atoms with van der Waals surface area (Å²) in [6.45, 7) is 5.17. The van der Waals surface area contributed by atoms with E-state index in [-0.39, 0.29) is 0 Å². The third-order valence-electron chi connectivity index (χ3n) is 3.13. The lowest BCUT2D eigenvalue weighted by Gasteiger charge is -2.24. The maximum atomic E-state index is 11.9. The first kappa shape index (κ1) is 17.9. The molecular formula is C15H17BrClNO5. The van der Waals surface area contributed by atoms with Crippen LogP contribution in [0.1, 0.15) is 38.0 Å².